The highest BCUT2D eigenvalue weighted by molar-refractivity contribution is 5.48. The fourth-order valence-electron chi connectivity index (χ4n) is 1.91. The predicted octanol–water partition coefficient (Wildman–Crippen LogP) is 3.85. The highest BCUT2D eigenvalue weighted by atomic mass is 19.1. The van der Waals surface area contributed by atoms with Crippen molar-refractivity contribution in [3.05, 3.63) is 71.8 Å². The van der Waals surface area contributed by atoms with Crippen molar-refractivity contribution in [1.82, 2.24) is 0 Å². The topological polar surface area (TPSA) is 35.2 Å². The molecule has 0 radical (unpaired) electrons. The van der Waals surface area contributed by atoms with Crippen LogP contribution in [-0.2, 0) is 13.0 Å². The maximum absolute atomic E-state index is 13.1. The van der Waals surface area contributed by atoms with Gasteiger partial charge in [-0.2, -0.15) is 0 Å². The predicted molar refractivity (Wildman–Crippen MR) is 75.4 cm³/mol. The van der Waals surface area contributed by atoms with E-state index in [1.807, 2.05) is 0 Å². The van der Waals surface area contributed by atoms with Gasteiger partial charge in [0.2, 0.25) is 0 Å². The molecular weight excluding hydrogens is 260 g/mol. The lowest BCUT2D eigenvalue weighted by Crippen LogP contribution is -2.00. The maximum atomic E-state index is 13.1. The number of halogens is 2. The quantitative estimate of drug-likeness (QED) is 0.664. The number of nitrogens with two attached hydrogens (primary N) is 1. The Morgan fingerprint density at radius 1 is 1.10 bits per heavy atom. The molecule has 0 aliphatic heterocycles. The zero-order chi connectivity index (χ0) is 14.5. The summed E-state index contributed by atoms with van der Waals surface area (Å²) in [5.41, 5.74) is 7.67. The molecule has 0 fully saturated rings. The van der Waals surface area contributed by atoms with Crippen LogP contribution in [0.25, 0.3) is 0 Å². The third-order valence-electron chi connectivity index (χ3n) is 2.77. The van der Waals surface area contributed by atoms with Crippen LogP contribution in [0.1, 0.15) is 11.1 Å². The second kappa shape index (κ2) is 6.19. The largest absolute Gasteiger partial charge is 0.489 e. The Morgan fingerprint density at radius 3 is 2.45 bits per heavy atom. The van der Waals surface area contributed by atoms with Gasteiger partial charge >= 0.3 is 0 Å². The van der Waals surface area contributed by atoms with Gasteiger partial charge in [-0.3, -0.25) is 0 Å². The SMILES string of the molecule is C=CCc1cc(N)ccc1OCc1cc(F)cc(F)c1. The van der Waals surface area contributed by atoms with Crippen molar-refractivity contribution >= 4 is 5.69 Å². The van der Waals surface area contributed by atoms with Crippen molar-refractivity contribution in [2.45, 2.75) is 13.0 Å². The molecule has 0 spiro atoms. The normalized spacial score (nSPS) is 10.3. The van der Waals surface area contributed by atoms with E-state index in [1.54, 1.807) is 24.3 Å². The minimum absolute atomic E-state index is 0.0861. The molecular formula is C16H15F2NO. The molecule has 2 nitrogen and oxygen atoms in total. The van der Waals surface area contributed by atoms with Crippen molar-refractivity contribution in [2.24, 2.45) is 0 Å². The molecule has 2 aromatic carbocycles. The fourth-order valence-corrected chi connectivity index (χ4v) is 1.91. The number of nitrogen functional groups attached to an aromatic ring is 1. The molecule has 0 saturated heterocycles. The van der Waals surface area contributed by atoms with E-state index in [1.165, 1.54) is 12.1 Å². The molecule has 0 unspecified atom stereocenters. The first kappa shape index (κ1) is 14.1. The average molecular weight is 275 g/mol. The summed E-state index contributed by atoms with van der Waals surface area (Å²) in [6, 6.07) is 8.57. The third-order valence-corrected chi connectivity index (χ3v) is 2.77. The lowest BCUT2D eigenvalue weighted by molar-refractivity contribution is 0.302. The Hall–Kier alpha value is -2.36. The van der Waals surface area contributed by atoms with E-state index < -0.39 is 11.6 Å². The van der Waals surface area contributed by atoms with Crippen LogP contribution < -0.4 is 10.5 Å². The monoisotopic (exact) mass is 275 g/mol. The van der Waals surface area contributed by atoms with Gasteiger partial charge in [0, 0.05) is 11.8 Å². The molecule has 104 valence electrons. The lowest BCUT2D eigenvalue weighted by atomic mass is 10.1. The Morgan fingerprint density at radius 2 is 1.80 bits per heavy atom. The summed E-state index contributed by atoms with van der Waals surface area (Å²) in [6.07, 6.45) is 2.35. The van der Waals surface area contributed by atoms with Crippen LogP contribution in [0.2, 0.25) is 0 Å². The van der Waals surface area contributed by atoms with Gasteiger partial charge in [0.1, 0.15) is 24.0 Å². The third kappa shape index (κ3) is 3.57. The van der Waals surface area contributed by atoms with Crippen LogP contribution in [0, 0.1) is 11.6 Å². The van der Waals surface area contributed by atoms with Gasteiger partial charge in [-0.1, -0.05) is 6.08 Å². The fraction of sp³-hybridized carbons (Fsp3) is 0.125. The van der Waals surface area contributed by atoms with Gasteiger partial charge in [0.25, 0.3) is 0 Å². The summed E-state index contributed by atoms with van der Waals surface area (Å²) in [5.74, 6) is -0.608. The van der Waals surface area contributed by atoms with Crippen molar-refractivity contribution in [3.8, 4) is 5.75 Å². The Labute approximate surface area is 116 Å². The van der Waals surface area contributed by atoms with Crippen LogP contribution >= 0.6 is 0 Å². The summed E-state index contributed by atoms with van der Waals surface area (Å²) in [7, 11) is 0. The van der Waals surface area contributed by atoms with E-state index >= 15 is 0 Å². The maximum Gasteiger partial charge on any atom is 0.126 e. The first-order valence-corrected chi connectivity index (χ1v) is 6.15. The Balaban J connectivity index is 2.15. The molecule has 0 bridgehead atoms. The number of hydrogen-bond acceptors (Lipinski definition) is 2. The molecule has 0 aliphatic carbocycles. The molecule has 2 rings (SSSR count). The van der Waals surface area contributed by atoms with Gasteiger partial charge in [-0.15, -0.1) is 6.58 Å². The molecule has 0 aromatic heterocycles. The standard InChI is InChI=1S/C16H15F2NO/c1-2-3-12-8-15(19)4-5-16(12)20-10-11-6-13(17)9-14(18)7-11/h2,4-9H,1,3,10,19H2. The van der Waals surface area contributed by atoms with Crippen molar-refractivity contribution in [3.63, 3.8) is 0 Å². The molecule has 2 aromatic rings. The van der Waals surface area contributed by atoms with Crippen LogP contribution in [-0.4, -0.2) is 0 Å². The molecule has 0 aliphatic rings. The smallest absolute Gasteiger partial charge is 0.126 e. The number of allylic oxidation sites excluding steroid dienone is 1. The molecule has 0 atom stereocenters. The first-order valence-electron chi connectivity index (χ1n) is 6.15. The zero-order valence-electron chi connectivity index (χ0n) is 10.9. The molecule has 0 heterocycles. The summed E-state index contributed by atoms with van der Waals surface area (Å²) < 4.78 is 31.8. The highest BCUT2D eigenvalue weighted by Crippen LogP contribution is 2.23. The summed E-state index contributed by atoms with van der Waals surface area (Å²) in [6.45, 7) is 3.76. The van der Waals surface area contributed by atoms with E-state index in [2.05, 4.69) is 6.58 Å². The Bertz CT molecular complexity index is 606. The van der Waals surface area contributed by atoms with E-state index in [4.69, 9.17) is 10.5 Å². The van der Waals surface area contributed by atoms with Gasteiger partial charge < -0.3 is 10.5 Å². The van der Waals surface area contributed by atoms with Crippen molar-refractivity contribution < 1.29 is 13.5 Å². The zero-order valence-corrected chi connectivity index (χ0v) is 10.9. The second-order valence-electron chi connectivity index (χ2n) is 4.43. The van der Waals surface area contributed by atoms with Crippen molar-refractivity contribution in [1.29, 1.82) is 0 Å². The molecule has 4 heteroatoms. The van der Waals surface area contributed by atoms with E-state index in [0.29, 0.717) is 23.4 Å². The van der Waals surface area contributed by atoms with Gasteiger partial charge in [0.15, 0.2) is 0 Å². The van der Waals surface area contributed by atoms with Gasteiger partial charge in [-0.05, 0) is 47.9 Å². The van der Waals surface area contributed by atoms with E-state index in [0.717, 1.165) is 11.6 Å². The number of rotatable bonds is 5. The molecule has 20 heavy (non-hydrogen) atoms. The van der Waals surface area contributed by atoms with Crippen LogP contribution in [0.4, 0.5) is 14.5 Å². The Kier molecular flexibility index (Phi) is 4.35. The first-order chi connectivity index (χ1) is 9.58. The van der Waals surface area contributed by atoms with Gasteiger partial charge in [-0.25, -0.2) is 8.78 Å². The van der Waals surface area contributed by atoms with Gasteiger partial charge in [0.05, 0.1) is 0 Å². The number of hydrogen-bond donors (Lipinski definition) is 1. The van der Waals surface area contributed by atoms with Crippen LogP contribution in [0.3, 0.4) is 0 Å². The van der Waals surface area contributed by atoms with Crippen molar-refractivity contribution in [2.75, 3.05) is 5.73 Å². The number of anilines is 1. The highest BCUT2D eigenvalue weighted by Gasteiger charge is 2.05. The summed E-state index contributed by atoms with van der Waals surface area (Å²) in [5, 5.41) is 0. The van der Waals surface area contributed by atoms with Crippen LogP contribution in [0.5, 0.6) is 5.75 Å². The molecule has 0 amide bonds. The summed E-state index contributed by atoms with van der Waals surface area (Å²) >= 11 is 0. The van der Waals surface area contributed by atoms with E-state index in [-0.39, 0.29) is 6.61 Å². The minimum Gasteiger partial charge on any atom is -0.489 e. The number of benzene rings is 2. The molecule has 2 N–H and O–H groups in total. The van der Waals surface area contributed by atoms with Crippen LogP contribution in [0.15, 0.2) is 49.1 Å². The van der Waals surface area contributed by atoms with E-state index in [9.17, 15) is 8.78 Å². The average Bonchev–Trinajstić information content (AvgIpc) is 2.37. The lowest BCUT2D eigenvalue weighted by Gasteiger charge is -2.11. The second-order valence-corrected chi connectivity index (χ2v) is 4.43. The summed E-state index contributed by atoms with van der Waals surface area (Å²) in [4.78, 5) is 0. The number of ether oxygens (including phenoxy) is 1. The molecule has 0 saturated carbocycles. The minimum atomic E-state index is -0.618.